The predicted molar refractivity (Wildman–Crippen MR) is 64.8 cm³/mol. The van der Waals surface area contributed by atoms with E-state index in [1.807, 2.05) is 36.4 Å². The van der Waals surface area contributed by atoms with Gasteiger partial charge >= 0.3 is 5.97 Å². The molecule has 0 saturated heterocycles. The van der Waals surface area contributed by atoms with E-state index in [0.29, 0.717) is 11.4 Å². The van der Waals surface area contributed by atoms with E-state index in [1.165, 1.54) is 7.11 Å². The van der Waals surface area contributed by atoms with Gasteiger partial charge in [-0.2, -0.15) is 0 Å². The van der Waals surface area contributed by atoms with Crippen molar-refractivity contribution in [3.8, 4) is 0 Å². The van der Waals surface area contributed by atoms with Crippen molar-refractivity contribution in [3.05, 3.63) is 47.5 Å². The van der Waals surface area contributed by atoms with Crippen molar-refractivity contribution in [1.82, 2.24) is 0 Å². The molecule has 2 rings (SSSR count). The van der Waals surface area contributed by atoms with Gasteiger partial charge in [0.25, 0.3) is 0 Å². The third kappa shape index (κ3) is 1.89. The van der Waals surface area contributed by atoms with Crippen molar-refractivity contribution in [2.45, 2.75) is 5.88 Å². The molecule has 0 aliphatic rings. The van der Waals surface area contributed by atoms with Crippen LogP contribution >= 0.6 is 11.6 Å². The number of ether oxygens (including phenoxy) is 1. The van der Waals surface area contributed by atoms with E-state index in [2.05, 4.69) is 0 Å². The molecular formula is C13H11ClO2. The van der Waals surface area contributed by atoms with Crippen molar-refractivity contribution in [2.75, 3.05) is 7.11 Å². The first-order valence-corrected chi connectivity index (χ1v) is 5.45. The van der Waals surface area contributed by atoms with Crippen LogP contribution in [0.2, 0.25) is 0 Å². The Labute approximate surface area is 98.8 Å². The van der Waals surface area contributed by atoms with Crippen molar-refractivity contribution >= 4 is 28.3 Å². The summed E-state index contributed by atoms with van der Waals surface area (Å²) in [5.74, 6) is -0.0451. The summed E-state index contributed by atoms with van der Waals surface area (Å²) in [6.45, 7) is 0. The molecule has 2 aromatic rings. The fourth-order valence-electron chi connectivity index (χ4n) is 1.70. The van der Waals surface area contributed by atoms with Crippen LogP contribution in [0.3, 0.4) is 0 Å². The average molecular weight is 235 g/mol. The van der Waals surface area contributed by atoms with Crippen molar-refractivity contribution in [3.63, 3.8) is 0 Å². The Bertz CT molecular complexity index is 534. The Morgan fingerprint density at radius 1 is 1.25 bits per heavy atom. The van der Waals surface area contributed by atoms with Crippen LogP contribution in [0.15, 0.2) is 36.4 Å². The van der Waals surface area contributed by atoms with Crippen LogP contribution < -0.4 is 0 Å². The summed E-state index contributed by atoms with van der Waals surface area (Å²) < 4.78 is 4.73. The minimum Gasteiger partial charge on any atom is -0.465 e. The minimum absolute atomic E-state index is 0.301. The molecule has 2 nitrogen and oxygen atoms in total. The molecule has 0 radical (unpaired) electrons. The monoisotopic (exact) mass is 234 g/mol. The number of hydrogen-bond acceptors (Lipinski definition) is 2. The summed E-state index contributed by atoms with van der Waals surface area (Å²) in [5.41, 5.74) is 1.34. The van der Waals surface area contributed by atoms with Crippen LogP contribution in [0.5, 0.6) is 0 Å². The molecule has 0 bridgehead atoms. The molecule has 0 unspecified atom stereocenters. The summed E-state index contributed by atoms with van der Waals surface area (Å²) in [4.78, 5) is 11.6. The van der Waals surface area contributed by atoms with Crippen LogP contribution in [-0.2, 0) is 10.6 Å². The van der Waals surface area contributed by atoms with Gasteiger partial charge in [0.05, 0.1) is 12.7 Å². The highest BCUT2D eigenvalue weighted by atomic mass is 35.5. The second kappa shape index (κ2) is 4.54. The van der Waals surface area contributed by atoms with E-state index in [0.717, 1.165) is 16.3 Å². The number of benzene rings is 2. The zero-order valence-electron chi connectivity index (χ0n) is 8.87. The molecule has 3 heteroatoms. The molecule has 0 aliphatic heterocycles. The summed E-state index contributed by atoms with van der Waals surface area (Å²) in [7, 11) is 1.37. The van der Waals surface area contributed by atoms with Crippen molar-refractivity contribution in [1.29, 1.82) is 0 Å². The van der Waals surface area contributed by atoms with Gasteiger partial charge in [-0.15, -0.1) is 11.6 Å². The zero-order valence-corrected chi connectivity index (χ0v) is 9.62. The Morgan fingerprint density at radius 3 is 2.44 bits per heavy atom. The van der Waals surface area contributed by atoms with Gasteiger partial charge in [0, 0.05) is 5.88 Å². The molecule has 0 fully saturated rings. The third-order valence-electron chi connectivity index (χ3n) is 2.52. The Balaban J connectivity index is 2.67. The van der Waals surface area contributed by atoms with Crippen LogP contribution in [0, 0.1) is 0 Å². The molecule has 0 spiro atoms. The normalized spacial score (nSPS) is 10.4. The molecular weight excluding hydrogens is 224 g/mol. The highest BCUT2D eigenvalue weighted by Crippen LogP contribution is 2.22. The fourth-order valence-corrected chi connectivity index (χ4v) is 1.92. The number of hydrogen-bond donors (Lipinski definition) is 0. The molecule has 0 aliphatic carbocycles. The smallest absolute Gasteiger partial charge is 0.338 e. The molecule has 0 heterocycles. The topological polar surface area (TPSA) is 26.3 Å². The highest BCUT2D eigenvalue weighted by Gasteiger charge is 2.12. The van der Waals surface area contributed by atoms with E-state index in [9.17, 15) is 4.79 Å². The van der Waals surface area contributed by atoms with E-state index >= 15 is 0 Å². The Morgan fingerprint density at radius 2 is 1.88 bits per heavy atom. The van der Waals surface area contributed by atoms with Gasteiger partial charge in [-0.3, -0.25) is 0 Å². The number of rotatable bonds is 2. The molecule has 0 aromatic heterocycles. The lowest BCUT2D eigenvalue weighted by atomic mass is 10.0. The van der Waals surface area contributed by atoms with Gasteiger partial charge in [0.15, 0.2) is 0 Å². The second-order valence-corrected chi connectivity index (χ2v) is 3.75. The van der Waals surface area contributed by atoms with Crippen LogP contribution in [-0.4, -0.2) is 13.1 Å². The lowest BCUT2D eigenvalue weighted by Gasteiger charge is -2.07. The van der Waals surface area contributed by atoms with E-state index in [1.54, 1.807) is 0 Å². The summed E-state index contributed by atoms with van der Waals surface area (Å²) in [6, 6.07) is 11.6. The molecule has 0 amide bonds. The summed E-state index contributed by atoms with van der Waals surface area (Å²) in [5, 5.41) is 2.09. The first-order chi connectivity index (χ1) is 7.76. The lowest BCUT2D eigenvalue weighted by molar-refractivity contribution is 0.0600. The number of carbonyl (C=O) groups is 1. The van der Waals surface area contributed by atoms with Gasteiger partial charge < -0.3 is 4.74 Å². The largest absolute Gasteiger partial charge is 0.465 e. The van der Waals surface area contributed by atoms with Crippen molar-refractivity contribution < 1.29 is 9.53 Å². The van der Waals surface area contributed by atoms with Crippen LogP contribution in [0.25, 0.3) is 10.8 Å². The number of esters is 1. The van der Waals surface area contributed by atoms with E-state index in [-0.39, 0.29) is 5.97 Å². The Kier molecular flexibility index (Phi) is 3.11. The number of carbonyl (C=O) groups excluding carboxylic acids is 1. The summed E-state index contributed by atoms with van der Waals surface area (Å²) in [6.07, 6.45) is 0. The number of fused-ring (bicyclic) bond motifs is 1. The minimum atomic E-state index is -0.346. The average Bonchev–Trinajstić information content (AvgIpc) is 2.36. The van der Waals surface area contributed by atoms with Crippen LogP contribution in [0.1, 0.15) is 15.9 Å². The van der Waals surface area contributed by atoms with Gasteiger partial charge in [-0.25, -0.2) is 4.79 Å². The van der Waals surface area contributed by atoms with Gasteiger partial charge in [0.2, 0.25) is 0 Å². The lowest BCUT2D eigenvalue weighted by Crippen LogP contribution is -2.04. The molecule has 0 N–H and O–H groups in total. The molecule has 0 atom stereocenters. The van der Waals surface area contributed by atoms with Gasteiger partial charge in [-0.1, -0.05) is 24.3 Å². The number of alkyl halides is 1. The molecule has 82 valence electrons. The fraction of sp³-hybridized carbons (Fsp3) is 0.154. The maximum absolute atomic E-state index is 11.6. The van der Waals surface area contributed by atoms with E-state index in [4.69, 9.17) is 16.3 Å². The van der Waals surface area contributed by atoms with Gasteiger partial charge in [0.1, 0.15) is 0 Å². The highest BCUT2D eigenvalue weighted by molar-refractivity contribution is 6.18. The van der Waals surface area contributed by atoms with E-state index < -0.39 is 0 Å². The maximum Gasteiger partial charge on any atom is 0.338 e. The summed E-state index contributed by atoms with van der Waals surface area (Å²) >= 11 is 5.83. The Hall–Kier alpha value is -1.54. The number of halogens is 1. The first-order valence-electron chi connectivity index (χ1n) is 4.92. The maximum atomic E-state index is 11.6. The second-order valence-electron chi connectivity index (χ2n) is 3.48. The predicted octanol–water partition coefficient (Wildman–Crippen LogP) is 3.37. The standard InChI is InChI=1S/C13H11ClO2/c1-16-13(15)12-7-10-5-3-2-4-9(10)6-11(12)8-14/h2-7H,8H2,1H3. The first kappa shape index (κ1) is 11.0. The van der Waals surface area contributed by atoms with Crippen molar-refractivity contribution in [2.24, 2.45) is 0 Å². The molecule has 2 aromatic carbocycles. The zero-order chi connectivity index (χ0) is 11.5. The molecule has 16 heavy (non-hydrogen) atoms. The molecule has 0 saturated carbocycles. The SMILES string of the molecule is COC(=O)c1cc2ccccc2cc1CCl. The number of methoxy groups -OCH3 is 1. The third-order valence-corrected chi connectivity index (χ3v) is 2.81. The van der Waals surface area contributed by atoms with Gasteiger partial charge in [-0.05, 0) is 28.5 Å². The van der Waals surface area contributed by atoms with Crippen LogP contribution in [0.4, 0.5) is 0 Å². The quantitative estimate of drug-likeness (QED) is 0.588.